The highest BCUT2D eigenvalue weighted by molar-refractivity contribution is 6.10. The van der Waals surface area contributed by atoms with Gasteiger partial charge in [-0.1, -0.05) is 158 Å². The molecular formula is C40H26. The molecular weight excluding hydrogens is 480 g/mol. The fraction of sp³-hybridized carbons (Fsp3) is 0. The van der Waals surface area contributed by atoms with Crippen LogP contribution in [0.2, 0.25) is 0 Å². The van der Waals surface area contributed by atoms with Crippen molar-refractivity contribution in [2.75, 3.05) is 0 Å². The zero-order valence-corrected chi connectivity index (χ0v) is 22.0. The first-order chi connectivity index (χ1) is 19.9. The Kier molecular flexibility index (Phi) is 5.24. The first kappa shape index (κ1) is 22.8. The fourth-order valence-corrected chi connectivity index (χ4v) is 6.53. The van der Waals surface area contributed by atoms with Gasteiger partial charge in [-0.25, -0.2) is 0 Å². The molecule has 0 fully saturated rings. The molecule has 0 aromatic heterocycles. The second kappa shape index (κ2) is 9.22. The highest BCUT2D eigenvalue weighted by atomic mass is 14.3. The van der Waals surface area contributed by atoms with E-state index in [9.17, 15) is 0 Å². The maximum absolute atomic E-state index is 2.32. The molecule has 40 heavy (non-hydrogen) atoms. The minimum absolute atomic E-state index is 1.25. The van der Waals surface area contributed by atoms with Crippen LogP contribution < -0.4 is 0 Å². The smallest absolute Gasteiger partial charge is 0.00204 e. The molecule has 7 aromatic carbocycles. The molecule has 0 heterocycles. The molecule has 8 rings (SSSR count). The van der Waals surface area contributed by atoms with Crippen LogP contribution in [0.5, 0.6) is 0 Å². The first-order valence-corrected chi connectivity index (χ1v) is 13.9. The van der Waals surface area contributed by atoms with Crippen molar-refractivity contribution in [3.8, 4) is 66.8 Å². The summed E-state index contributed by atoms with van der Waals surface area (Å²) in [6.07, 6.45) is 0. The van der Waals surface area contributed by atoms with Crippen molar-refractivity contribution in [3.05, 3.63) is 158 Å². The molecule has 0 unspecified atom stereocenters. The van der Waals surface area contributed by atoms with Gasteiger partial charge in [0.15, 0.2) is 0 Å². The van der Waals surface area contributed by atoms with E-state index in [-0.39, 0.29) is 0 Å². The van der Waals surface area contributed by atoms with Crippen LogP contribution in [0, 0.1) is 0 Å². The van der Waals surface area contributed by atoms with Gasteiger partial charge in [0, 0.05) is 0 Å². The van der Waals surface area contributed by atoms with E-state index in [1.807, 2.05) is 0 Å². The lowest BCUT2D eigenvalue weighted by Gasteiger charge is -2.23. The molecule has 1 aliphatic rings. The average Bonchev–Trinajstić information content (AvgIpc) is 3.04. The van der Waals surface area contributed by atoms with Crippen molar-refractivity contribution in [2.24, 2.45) is 0 Å². The normalized spacial score (nSPS) is 11.5. The molecule has 186 valence electrons. The van der Waals surface area contributed by atoms with Gasteiger partial charge >= 0.3 is 0 Å². The minimum Gasteiger partial charge on any atom is -0.0616 e. The second-order valence-corrected chi connectivity index (χ2v) is 10.4. The van der Waals surface area contributed by atoms with E-state index in [0.29, 0.717) is 0 Å². The van der Waals surface area contributed by atoms with Gasteiger partial charge in [-0.05, 0) is 77.5 Å². The predicted molar refractivity (Wildman–Crippen MR) is 170 cm³/mol. The first-order valence-electron chi connectivity index (χ1n) is 13.9. The average molecular weight is 507 g/mol. The summed E-state index contributed by atoms with van der Waals surface area (Å²) in [6, 6.07) is 57.8. The number of fused-ring (bicyclic) bond motifs is 14. The van der Waals surface area contributed by atoms with Gasteiger partial charge in [-0.15, -0.1) is 0 Å². The number of rotatable bonds is 0. The Morgan fingerprint density at radius 3 is 0.925 bits per heavy atom. The van der Waals surface area contributed by atoms with Crippen LogP contribution in [0.4, 0.5) is 0 Å². The molecule has 0 amide bonds. The van der Waals surface area contributed by atoms with Crippen LogP contribution in [-0.4, -0.2) is 0 Å². The van der Waals surface area contributed by atoms with E-state index < -0.39 is 0 Å². The van der Waals surface area contributed by atoms with Gasteiger partial charge in [0.1, 0.15) is 0 Å². The van der Waals surface area contributed by atoms with Gasteiger partial charge in [0.25, 0.3) is 0 Å². The van der Waals surface area contributed by atoms with Gasteiger partial charge in [-0.2, -0.15) is 0 Å². The van der Waals surface area contributed by atoms with E-state index in [1.54, 1.807) is 0 Å². The standard InChI is InChI=1S/C40H26/c1-2-14-28-27(13-1)25-26-39-37-23-10-9-21-35(37)33-19-6-5-17-31(33)29-15-3-4-16-30(29)32-18-7-8-20-34(32)36-22-11-12-24-38(36)40(28)39/h1-26H. The zero-order chi connectivity index (χ0) is 26.5. The van der Waals surface area contributed by atoms with E-state index in [1.165, 1.54) is 77.5 Å². The summed E-state index contributed by atoms with van der Waals surface area (Å²) in [6.45, 7) is 0. The lowest BCUT2D eigenvalue weighted by molar-refractivity contribution is 1.53. The second-order valence-electron chi connectivity index (χ2n) is 10.4. The summed E-state index contributed by atoms with van der Waals surface area (Å²) in [4.78, 5) is 0. The van der Waals surface area contributed by atoms with Crippen LogP contribution in [0.15, 0.2) is 158 Å². The van der Waals surface area contributed by atoms with E-state index in [4.69, 9.17) is 0 Å². The van der Waals surface area contributed by atoms with Crippen molar-refractivity contribution in [1.29, 1.82) is 0 Å². The summed E-state index contributed by atoms with van der Waals surface area (Å²) in [7, 11) is 0. The Morgan fingerprint density at radius 1 is 0.200 bits per heavy atom. The lowest BCUT2D eigenvalue weighted by Crippen LogP contribution is -1.97. The Labute approximate surface area is 234 Å². The van der Waals surface area contributed by atoms with Gasteiger partial charge in [0.2, 0.25) is 0 Å². The molecule has 0 N–H and O–H groups in total. The lowest BCUT2D eigenvalue weighted by atomic mass is 9.80. The molecule has 0 radical (unpaired) electrons. The van der Waals surface area contributed by atoms with Crippen molar-refractivity contribution in [2.45, 2.75) is 0 Å². The van der Waals surface area contributed by atoms with E-state index >= 15 is 0 Å². The fourth-order valence-electron chi connectivity index (χ4n) is 6.53. The summed E-state index contributed by atoms with van der Waals surface area (Å²) in [5.74, 6) is 0. The zero-order valence-electron chi connectivity index (χ0n) is 22.0. The molecule has 0 saturated heterocycles. The molecule has 0 spiro atoms. The SMILES string of the molecule is c1ccc2c(c1)-c1ccccc1-c1ccccc1-c1ccc3ccccc3c1-c1ccccc1-c1ccccc1-2. The van der Waals surface area contributed by atoms with Gasteiger partial charge < -0.3 is 0 Å². The Balaban J connectivity index is 1.63. The molecule has 0 saturated carbocycles. The van der Waals surface area contributed by atoms with Crippen molar-refractivity contribution < 1.29 is 0 Å². The van der Waals surface area contributed by atoms with Crippen LogP contribution in [0.1, 0.15) is 0 Å². The van der Waals surface area contributed by atoms with E-state index in [2.05, 4.69) is 158 Å². The molecule has 0 atom stereocenters. The third-order valence-electron chi connectivity index (χ3n) is 8.28. The Hall–Kier alpha value is -5.20. The monoisotopic (exact) mass is 506 g/mol. The summed E-state index contributed by atoms with van der Waals surface area (Å²) in [5, 5.41) is 2.52. The molecule has 0 nitrogen and oxygen atoms in total. The molecule has 7 aromatic rings. The quantitative estimate of drug-likeness (QED) is 0.192. The van der Waals surface area contributed by atoms with Gasteiger partial charge in [0.05, 0.1) is 0 Å². The van der Waals surface area contributed by atoms with Crippen LogP contribution in [0.25, 0.3) is 77.5 Å². The molecule has 0 bridgehead atoms. The third-order valence-corrected chi connectivity index (χ3v) is 8.28. The number of hydrogen-bond donors (Lipinski definition) is 0. The van der Waals surface area contributed by atoms with Gasteiger partial charge in [-0.3, -0.25) is 0 Å². The maximum Gasteiger partial charge on any atom is -0.00204 e. The summed E-state index contributed by atoms with van der Waals surface area (Å²) >= 11 is 0. The van der Waals surface area contributed by atoms with Crippen LogP contribution in [0.3, 0.4) is 0 Å². The highest BCUT2D eigenvalue weighted by Crippen LogP contribution is 2.49. The summed E-state index contributed by atoms with van der Waals surface area (Å²) in [5.41, 5.74) is 15.0. The van der Waals surface area contributed by atoms with Crippen molar-refractivity contribution in [1.82, 2.24) is 0 Å². The Morgan fingerprint density at radius 2 is 0.500 bits per heavy atom. The molecule has 0 heteroatoms. The minimum atomic E-state index is 1.25. The topological polar surface area (TPSA) is 0 Å². The summed E-state index contributed by atoms with van der Waals surface area (Å²) < 4.78 is 0. The molecule has 1 aliphatic carbocycles. The maximum atomic E-state index is 2.32. The van der Waals surface area contributed by atoms with Crippen LogP contribution >= 0.6 is 0 Å². The molecule has 0 aliphatic heterocycles. The van der Waals surface area contributed by atoms with Crippen molar-refractivity contribution in [3.63, 3.8) is 0 Å². The Bertz CT molecular complexity index is 2050. The predicted octanol–water partition coefficient (Wildman–Crippen LogP) is 11.2. The largest absolute Gasteiger partial charge is 0.0616 e. The highest BCUT2D eigenvalue weighted by Gasteiger charge is 2.22. The number of benzene rings is 7. The third kappa shape index (κ3) is 3.47. The van der Waals surface area contributed by atoms with E-state index in [0.717, 1.165) is 0 Å². The van der Waals surface area contributed by atoms with Crippen LogP contribution in [-0.2, 0) is 0 Å². The van der Waals surface area contributed by atoms with Crippen molar-refractivity contribution >= 4 is 10.8 Å². The number of hydrogen-bond acceptors (Lipinski definition) is 0.